The quantitative estimate of drug-likeness (QED) is 0.872. The van der Waals surface area contributed by atoms with Gasteiger partial charge in [0.05, 0.1) is 6.61 Å². The molecule has 0 saturated carbocycles. The second-order valence-electron chi connectivity index (χ2n) is 3.35. The van der Waals surface area contributed by atoms with Gasteiger partial charge in [-0.25, -0.2) is 0 Å². The molecule has 5 heteroatoms. The maximum absolute atomic E-state index is 10.8. The zero-order valence-corrected chi connectivity index (χ0v) is 10.5. The van der Waals surface area contributed by atoms with Gasteiger partial charge in [-0.3, -0.25) is 4.79 Å². The summed E-state index contributed by atoms with van der Waals surface area (Å²) in [5.41, 5.74) is 6.06. The van der Waals surface area contributed by atoms with E-state index in [1.54, 1.807) is 18.2 Å². The lowest BCUT2D eigenvalue weighted by Gasteiger charge is -2.14. The highest BCUT2D eigenvalue weighted by molar-refractivity contribution is 9.10. The van der Waals surface area contributed by atoms with E-state index in [1.807, 2.05) is 6.92 Å². The third-order valence-corrected chi connectivity index (χ3v) is 2.53. The molecule has 4 nitrogen and oxygen atoms in total. The predicted molar refractivity (Wildman–Crippen MR) is 64.5 cm³/mol. The van der Waals surface area contributed by atoms with E-state index in [0.29, 0.717) is 17.9 Å². The maximum atomic E-state index is 10.8. The number of rotatable bonds is 5. The van der Waals surface area contributed by atoms with Crippen molar-refractivity contribution in [1.29, 1.82) is 0 Å². The molecule has 0 radical (unpaired) electrons. The molecule has 1 atom stereocenters. The Balaban J connectivity index is 3.02. The van der Waals surface area contributed by atoms with Crippen molar-refractivity contribution < 1.29 is 14.6 Å². The largest absolute Gasteiger partial charge is 0.493 e. The lowest BCUT2D eigenvalue weighted by molar-refractivity contribution is -0.138. The van der Waals surface area contributed by atoms with Gasteiger partial charge in [-0.15, -0.1) is 0 Å². The lowest BCUT2D eigenvalue weighted by Crippen LogP contribution is -2.21. The molecule has 0 fully saturated rings. The van der Waals surface area contributed by atoms with Crippen molar-refractivity contribution in [3.63, 3.8) is 0 Å². The van der Waals surface area contributed by atoms with Crippen LogP contribution in [0.1, 0.15) is 24.9 Å². The summed E-state index contributed by atoms with van der Waals surface area (Å²) in [4.78, 5) is 10.8. The number of benzene rings is 1. The summed E-state index contributed by atoms with van der Waals surface area (Å²) in [6.07, 6.45) is 0.859. The van der Waals surface area contributed by atoms with Crippen LogP contribution in [0.4, 0.5) is 0 Å². The third-order valence-electron chi connectivity index (χ3n) is 2.03. The van der Waals surface area contributed by atoms with E-state index >= 15 is 0 Å². The van der Waals surface area contributed by atoms with Crippen LogP contribution in [0.25, 0.3) is 0 Å². The fraction of sp³-hybridized carbons (Fsp3) is 0.364. The molecule has 0 spiro atoms. The third kappa shape index (κ3) is 3.21. The fourth-order valence-corrected chi connectivity index (χ4v) is 1.62. The summed E-state index contributed by atoms with van der Waals surface area (Å²) in [5, 5.41) is 8.88. The zero-order valence-electron chi connectivity index (χ0n) is 8.94. The highest BCUT2D eigenvalue weighted by Crippen LogP contribution is 2.27. The smallest absolute Gasteiger partial charge is 0.325 e. The van der Waals surface area contributed by atoms with Gasteiger partial charge < -0.3 is 15.6 Å². The van der Waals surface area contributed by atoms with E-state index < -0.39 is 12.0 Å². The molecule has 0 aromatic heterocycles. The van der Waals surface area contributed by atoms with Gasteiger partial charge in [0.1, 0.15) is 11.8 Å². The first-order valence-electron chi connectivity index (χ1n) is 4.97. The Hall–Kier alpha value is -1.07. The van der Waals surface area contributed by atoms with Crippen molar-refractivity contribution in [1.82, 2.24) is 0 Å². The molecule has 0 amide bonds. The number of carboxylic acid groups (broad SMARTS) is 1. The Bertz CT molecular complexity index is 381. The van der Waals surface area contributed by atoms with Crippen LogP contribution < -0.4 is 10.5 Å². The molecule has 0 aliphatic heterocycles. The number of ether oxygens (including phenoxy) is 1. The van der Waals surface area contributed by atoms with Gasteiger partial charge in [0.15, 0.2) is 0 Å². The molecule has 3 N–H and O–H groups in total. The number of hydrogen-bond donors (Lipinski definition) is 2. The van der Waals surface area contributed by atoms with Gasteiger partial charge >= 0.3 is 5.97 Å². The van der Waals surface area contributed by atoms with Crippen LogP contribution in [0.3, 0.4) is 0 Å². The first-order chi connectivity index (χ1) is 7.56. The van der Waals surface area contributed by atoms with Crippen LogP contribution in [-0.4, -0.2) is 17.7 Å². The summed E-state index contributed by atoms with van der Waals surface area (Å²) in [6, 6.07) is 4.12. The molecule has 0 aliphatic rings. The first-order valence-corrected chi connectivity index (χ1v) is 5.76. The number of halogens is 1. The van der Waals surface area contributed by atoms with Crippen LogP contribution >= 0.6 is 15.9 Å². The topological polar surface area (TPSA) is 72.5 Å². The summed E-state index contributed by atoms with van der Waals surface area (Å²) < 4.78 is 6.23. The highest BCUT2D eigenvalue weighted by atomic mass is 79.9. The fourth-order valence-electron chi connectivity index (χ4n) is 1.24. The lowest BCUT2D eigenvalue weighted by atomic mass is 10.1. The van der Waals surface area contributed by atoms with E-state index in [2.05, 4.69) is 15.9 Å². The first kappa shape index (κ1) is 13.0. The Morgan fingerprint density at radius 1 is 1.62 bits per heavy atom. The predicted octanol–water partition coefficient (Wildman–Crippen LogP) is 2.32. The van der Waals surface area contributed by atoms with E-state index in [1.165, 1.54) is 0 Å². The Morgan fingerprint density at radius 2 is 2.31 bits per heavy atom. The van der Waals surface area contributed by atoms with Gasteiger partial charge in [-0.1, -0.05) is 22.9 Å². The standard InChI is InChI=1S/C11H14BrNO3/c1-2-5-16-9-4-3-7(12)6-8(9)10(13)11(14)15/h3-4,6,10H,2,5,13H2,1H3,(H,14,15). The SMILES string of the molecule is CCCOc1ccc(Br)cc1C(N)C(=O)O. The number of carboxylic acids is 1. The van der Waals surface area contributed by atoms with E-state index in [-0.39, 0.29) is 0 Å². The van der Waals surface area contributed by atoms with Crippen molar-refractivity contribution in [2.75, 3.05) is 6.61 Å². The normalized spacial score (nSPS) is 12.2. The van der Waals surface area contributed by atoms with E-state index in [9.17, 15) is 4.79 Å². The Morgan fingerprint density at radius 3 is 2.88 bits per heavy atom. The van der Waals surface area contributed by atoms with Crippen molar-refractivity contribution >= 4 is 21.9 Å². The minimum Gasteiger partial charge on any atom is -0.493 e. The minimum atomic E-state index is -1.07. The van der Waals surface area contributed by atoms with Gasteiger partial charge in [-0.2, -0.15) is 0 Å². The van der Waals surface area contributed by atoms with Crippen LogP contribution in [0.5, 0.6) is 5.75 Å². The average molecular weight is 288 g/mol. The van der Waals surface area contributed by atoms with Crippen LogP contribution in [0.2, 0.25) is 0 Å². The minimum absolute atomic E-state index is 0.482. The van der Waals surface area contributed by atoms with Crippen LogP contribution in [-0.2, 0) is 4.79 Å². The van der Waals surface area contributed by atoms with E-state index in [4.69, 9.17) is 15.6 Å². The molecule has 0 heterocycles. The van der Waals surface area contributed by atoms with Gasteiger partial charge in [0.25, 0.3) is 0 Å². The zero-order chi connectivity index (χ0) is 12.1. The molecule has 0 bridgehead atoms. The molecule has 0 saturated heterocycles. The summed E-state index contributed by atoms with van der Waals surface area (Å²) in [7, 11) is 0. The number of hydrogen-bond acceptors (Lipinski definition) is 3. The monoisotopic (exact) mass is 287 g/mol. The Kier molecular flexibility index (Phi) is 4.76. The molecule has 1 aromatic carbocycles. The second-order valence-corrected chi connectivity index (χ2v) is 4.26. The number of nitrogens with two attached hydrogens (primary N) is 1. The summed E-state index contributed by atoms with van der Waals surface area (Å²) in [5.74, 6) is -0.542. The summed E-state index contributed by atoms with van der Waals surface area (Å²) in [6.45, 7) is 2.52. The second kappa shape index (κ2) is 5.86. The molecule has 1 rings (SSSR count). The van der Waals surface area contributed by atoms with Crippen molar-refractivity contribution in [3.8, 4) is 5.75 Å². The molecular weight excluding hydrogens is 274 g/mol. The highest BCUT2D eigenvalue weighted by Gasteiger charge is 2.19. The van der Waals surface area contributed by atoms with Crippen molar-refractivity contribution in [2.24, 2.45) is 5.73 Å². The molecule has 1 unspecified atom stereocenters. The molecule has 16 heavy (non-hydrogen) atoms. The average Bonchev–Trinajstić information content (AvgIpc) is 2.26. The van der Waals surface area contributed by atoms with Gasteiger partial charge in [0, 0.05) is 10.0 Å². The van der Waals surface area contributed by atoms with E-state index in [0.717, 1.165) is 10.9 Å². The van der Waals surface area contributed by atoms with Gasteiger partial charge in [0.2, 0.25) is 0 Å². The maximum Gasteiger partial charge on any atom is 0.325 e. The van der Waals surface area contributed by atoms with Crippen molar-refractivity contribution in [3.05, 3.63) is 28.2 Å². The molecule has 0 aliphatic carbocycles. The number of carbonyl (C=O) groups is 1. The summed E-state index contributed by atoms with van der Waals surface area (Å²) >= 11 is 3.28. The van der Waals surface area contributed by atoms with Crippen molar-refractivity contribution in [2.45, 2.75) is 19.4 Å². The molecular formula is C11H14BrNO3. The Labute approximate surface area is 103 Å². The van der Waals surface area contributed by atoms with Crippen LogP contribution in [0, 0.1) is 0 Å². The van der Waals surface area contributed by atoms with Crippen LogP contribution in [0.15, 0.2) is 22.7 Å². The molecule has 1 aromatic rings. The van der Waals surface area contributed by atoms with Gasteiger partial charge in [-0.05, 0) is 24.6 Å². The molecule has 88 valence electrons. The number of aliphatic carboxylic acids is 1.